The van der Waals surface area contributed by atoms with Crippen molar-refractivity contribution in [2.24, 2.45) is 0 Å². The first-order chi connectivity index (χ1) is 11.6. The molecule has 0 N–H and O–H groups in total. The monoisotopic (exact) mass is 378 g/mol. The highest BCUT2D eigenvalue weighted by Gasteiger charge is 2.42. The molecule has 1 aliphatic rings. The molecule has 1 fully saturated rings. The number of carbonyl (C=O) groups excluding carboxylic acids is 1. The van der Waals surface area contributed by atoms with E-state index in [2.05, 4.69) is 0 Å². The minimum Gasteiger partial charge on any atom is -0.305 e. The van der Waals surface area contributed by atoms with E-state index in [-0.39, 0.29) is 23.2 Å². The van der Waals surface area contributed by atoms with Gasteiger partial charge in [-0.2, -0.15) is 17.5 Å². The third-order valence-corrected chi connectivity index (χ3v) is 6.33. The summed E-state index contributed by atoms with van der Waals surface area (Å²) in [6.07, 6.45) is -2.45. The molecule has 1 saturated heterocycles. The van der Waals surface area contributed by atoms with Crippen LogP contribution in [0, 0.1) is 0 Å². The highest BCUT2D eigenvalue weighted by Crippen LogP contribution is 2.28. The Bertz CT molecular complexity index is 717. The molecule has 0 radical (unpaired) electrons. The van der Waals surface area contributed by atoms with E-state index in [0.29, 0.717) is 11.4 Å². The molecule has 1 aromatic rings. The molecular formula is C16H21F3N2O3S. The normalized spacial score (nSPS) is 19.6. The number of carbonyl (C=O) groups is 1. The maximum absolute atomic E-state index is 12.7. The topological polar surface area (TPSA) is 57.7 Å². The summed E-state index contributed by atoms with van der Waals surface area (Å²) in [4.78, 5) is 12.0. The first kappa shape index (κ1) is 19.7. The van der Waals surface area contributed by atoms with Gasteiger partial charge in [-0.3, -0.25) is 4.79 Å². The summed E-state index contributed by atoms with van der Waals surface area (Å²) >= 11 is 0. The first-order valence-corrected chi connectivity index (χ1v) is 9.53. The van der Waals surface area contributed by atoms with Crippen molar-refractivity contribution in [1.82, 2.24) is 4.31 Å². The van der Waals surface area contributed by atoms with Crippen LogP contribution in [0.2, 0.25) is 0 Å². The minimum absolute atomic E-state index is 0.00969. The molecule has 0 spiro atoms. The zero-order chi connectivity index (χ0) is 18.8. The van der Waals surface area contributed by atoms with Crippen LogP contribution in [0.25, 0.3) is 0 Å². The third-order valence-electron chi connectivity index (χ3n) is 4.30. The lowest BCUT2D eigenvalue weighted by atomic mass is 10.1. The minimum atomic E-state index is -4.98. The van der Waals surface area contributed by atoms with Gasteiger partial charge in [0.15, 0.2) is 0 Å². The van der Waals surface area contributed by atoms with E-state index >= 15 is 0 Å². The SMILES string of the molecule is CCN(C(=O)C(F)(F)F)c1ccc(S(=O)(=O)N2CCCCC2C)cc1. The number of benzene rings is 1. The number of sulfonamides is 1. The molecule has 1 atom stereocenters. The number of amides is 1. The zero-order valence-corrected chi connectivity index (χ0v) is 14.9. The zero-order valence-electron chi connectivity index (χ0n) is 14.1. The number of hydrogen-bond acceptors (Lipinski definition) is 3. The average Bonchev–Trinajstić information content (AvgIpc) is 2.55. The summed E-state index contributed by atoms with van der Waals surface area (Å²) in [6, 6.07) is 4.84. The fraction of sp³-hybridized carbons (Fsp3) is 0.562. The summed E-state index contributed by atoms with van der Waals surface area (Å²) in [5.41, 5.74) is 0.00969. The van der Waals surface area contributed by atoms with Gasteiger partial charge >= 0.3 is 12.1 Å². The van der Waals surface area contributed by atoms with Gasteiger partial charge in [-0.1, -0.05) is 6.42 Å². The summed E-state index contributed by atoms with van der Waals surface area (Å²) in [5.74, 6) is -1.98. The molecule has 1 amide bonds. The number of halogens is 3. The van der Waals surface area contributed by atoms with E-state index in [1.165, 1.54) is 35.5 Å². The van der Waals surface area contributed by atoms with Crippen LogP contribution in [0.4, 0.5) is 18.9 Å². The summed E-state index contributed by atoms with van der Waals surface area (Å²) in [7, 11) is -3.70. The van der Waals surface area contributed by atoms with E-state index in [0.717, 1.165) is 19.3 Å². The Morgan fingerprint density at radius 1 is 1.24 bits per heavy atom. The van der Waals surface area contributed by atoms with Crippen LogP contribution in [-0.2, 0) is 14.8 Å². The number of anilines is 1. The Balaban J connectivity index is 2.28. The lowest BCUT2D eigenvalue weighted by molar-refractivity contribution is -0.170. The van der Waals surface area contributed by atoms with Crippen LogP contribution in [0.1, 0.15) is 33.1 Å². The predicted octanol–water partition coefficient (Wildman–Crippen LogP) is 3.16. The summed E-state index contributed by atoms with van der Waals surface area (Å²) in [5, 5.41) is 0. The van der Waals surface area contributed by atoms with Gasteiger partial charge in [-0.15, -0.1) is 0 Å². The summed E-state index contributed by atoms with van der Waals surface area (Å²) < 4.78 is 64.7. The van der Waals surface area contributed by atoms with Crippen molar-refractivity contribution < 1.29 is 26.4 Å². The molecule has 1 aliphatic heterocycles. The van der Waals surface area contributed by atoms with Crippen LogP contribution in [0.3, 0.4) is 0 Å². The molecule has 25 heavy (non-hydrogen) atoms. The van der Waals surface area contributed by atoms with Crippen molar-refractivity contribution in [2.75, 3.05) is 18.0 Å². The molecule has 5 nitrogen and oxygen atoms in total. The van der Waals surface area contributed by atoms with Gasteiger partial charge in [0.05, 0.1) is 4.90 Å². The number of rotatable bonds is 4. The second-order valence-electron chi connectivity index (χ2n) is 6.00. The Morgan fingerprint density at radius 3 is 2.32 bits per heavy atom. The van der Waals surface area contributed by atoms with Crippen LogP contribution in [0.5, 0.6) is 0 Å². The van der Waals surface area contributed by atoms with Crippen molar-refractivity contribution in [3.8, 4) is 0 Å². The number of alkyl halides is 3. The van der Waals surface area contributed by atoms with Crippen molar-refractivity contribution in [3.05, 3.63) is 24.3 Å². The molecule has 1 heterocycles. The standard InChI is InChI=1S/C16H21F3N2O3S/c1-3-20(15(22)16(17,18)19)13-7-9-14(10-8-13)25(23,24)21-11-5-4-6-12(21)2/h7-10,12H,3-6,11H2,1-2H3. The predicted molar refractivity (Wildman–Crippen MR) is 87.7 cm³/mol. The Kier molecular flexibility index (Phi) is 5.78. The molecule has 0 aromatic heterocycles. The van der Waals surface area contributed by atoms with Crippen LogP contribution in [0.15, 0.2) is 29.2 Å². The molecule has 140 valence electrons. The van der Waals surface area contributed by atoms with Gasteiger partial charge in [0, 0.05) is 24.8 Å². The number of nitrogens with zero attached hydrogens (tertiary/aromatic N) is 2. The van der Waals surface area contributed by atoms with Gasteiger partial charge in [-0.05, 0) is 51.0 Å². The lowest BCUT2D eigenvalue weighted by Crippen LogP contribution is -2.42. The fourth-order valence-electron chi connectivity index (χ4n) is 2.96. The number of piperidine rings is 1. The van der Waals surface area contributed by atoms with Crippen molar-refractivity contribution in [2.45, 2.75) is 50.2 Å². The Morgan fingerprint density at radius 2 is 1.84 bits per heavy atom. The van der Waals surface area contributed by atoms with E-state index < -0.39 is 22.1 Å². The molecule has 0 bridgehead atoms. The average molecular weight is 378 g/mol. The largest absolute Gasteiger partial charge is 0.471 e. The van der Waals surface area contributed by atoms with Gasteiger partial charge in [0.25, 0.3) is 0 Å². The first-order valence-electron chi connectivity index (χ1n) is 8.09. The molecule has 2 rings (SSSR count). The summed E-state index contributed by atoms with van der Waals surface area (Å²) in [6.45, 7) is 3.52. The van der Waals surface area contributed by atoms with Gasteiger partial charge in [0.1, 0.15) is 0 Å². The second kappa shape index (κ2) is 7.33. The van der Waals surface area contributed by atoms with Gasteiger partial charge in [0.2, 0.25) is 10.0 Å². The van der Waals surface area contributed by atoms with Crippen molar-refractivity contribution in [1.29, 1.82) is 0 Å². The molecular weight excluding hydrogens is 357 g/mol. The molecule has 1 aromatic carbocycles. The molecule has 1 unspecified atom stereocenters. The highest BCUT2D eigenvalue weighted by molar-refractivity contribution is 7.89. The van der Waals surface area contributed by atoms with Gasteiger partial charge < -0.3 is 4.90 Å². The van der Waals surface area contributed by atoms with Gasteiger partial charge in [-0.25, -0.2) is 8.42 Å². The van der Waals surface area contributed by atoms with E-state index in [9.17, 15) is 26.4 Å². The molecule has 9 heteroatoms. The van der Waals surface area contributed by atoms with E-state index in [4.69, 9.17) is 0 Å². The maximum atomic E-state index is 12.7. The highest BCUT2D eigenvalue weighted by atomic mass is 32.2. The number of hydrogen-bond donors (Lipinski definition) is 0. The van der Waals surface area contributed by atoms with Crippen LogP contribution < -0.4 is 4.90 Å². The quantitative estimate of drug-likeness (QED) is 0.809. The Hall–Kier alpha value is -1.61. The fourth-order valence-corrected chi connectivity index (χ4v) is 4.66. The lowest BCUT2D eigenvalue weighted by Gasteiger charge is -2.32. The van der Waals surface area contributed by atoms with Crippen molar-refractivity contribution >= 4 is 21.6 Å². The van der Waals surface area contributed by atoms with E-state index in [1.807, 2.05) is 6.92 Å². The van der Waals surface area contributed by atoms with E-state index in [1.54, 1.807) is 0 Å². The maximum Gasteiger partial charge on any atom is 0.471 e. The smallest absolute Gasteiger partial charge is 0.305 e. The second-order valence-corrected chi connectivity index (χ2v) is 7.89. The third kappa shape index (κ3) is 4.14. The molecule has 0 saturated carbocycles. The van der Waals surface area contributed by atoms with Crippen molar-refractivity contribution in [3.63, 3.8) is 0 Å². The van der Waals surface area contributed by atoms with Crippen LogP contribution >= 0.6 is 0 Å². The Labute approximate surface area is 145 Å². The van der Waals surface area contributed by atoms with Crippen LogP contribution in [-0.4, -0.2) is 43.9 Å². The molecule has 0 aliphatic carbocycles.